The van der Waals surface area contributed by atoms with Crippen LogP contribution in [-0.2, 0) is 4.79 Å². The fraction of sp³-hybridized carbons (Fsp3) is 0.917. The second kappa shape index (κ2) is 6.86. The first-order valence-corrected chi connectivity index (χ1v) is 5.98. The maximum Gasteiger partial charge on any atom is 0.221 e. The van der Waals surface area contributed by atoms with E-state index in [9.17, 15) is 4.79 Å². The number of rotatable bonds is 6. The highest BCUT2D eigenvalue weighted by Crippen LogP contribution is 2.15. The van der Waals surface area contributed by atoms with Crippen molar-refractivity contribution in [2.75, 3.05) is 28.2 Å². The lowest BCUT2D eigenvalue weighted by atomic mass is 10.2. The molecule has 1 amide bonds. The summed E-state index contributed by atoms with van der Waals surface area (Å²) >= 11 is 0. The van der Waals surface area contributed by atoms with E-state index in [4.69, 9.17) is 0 Å². The first-order valence-electron chi connectivity index (χ1n) is 5.98. The molecule has 0 fully saturated rings. The number of amides is 1. The molecule has 0 aliphatic carbocycles. The van der Waals surface area contributed by atoms with Gasteiger partial charge in [0.2, 0.25) is 5.91 Å². The van der Waals surface area contributed by atoms with Gasteiger partial charge in [0.25, 0.3) is 0 Å². The molecule has 4 nitrogen and oxygen atoms in total. The number of hydrogen-bond donors (Lipinski definition) is 0. The highest BCUT2D eigenvalue weighted by atomic mass is 16.2. The Bertz CT molecular complexity index is 200. The number of carbonyl (C=O) groups excluding carboxylic acids is 1. The molecule has 0 heterocycles. The van der Waals surface area contributed by atoms with Crippen molar-refractivity contribution >= 4 is 5.91 Å². The molecule has 0 spiro atoms. The van der Waals surface area contributed by atoms with Gasteiger partial charge in [-0.25, -0.2) is 0 Å². The summed E-state index contributed by atoms with van der Waals surface area (Å²) in [5.74, 6) is 0.140. The Labute approximate surface area is 100 Å². The summed E-state index contributed by atoms with van der Waals surface area (Å²) in [7, 11) is 8.08. The third kappa shape index (κ3) is 3.76. The van der Waals surface area contributed by atoms with Crippen LogP contribution < -0.4 is 0 Å². The Kier molecular flexibility index (Phi) is 6.60. The van der Waals surface area contributed by atoms with Crippen LogP contribution in [0.25, 0.3) is 0 Å². The van der Waals surface area contributed by atoms with Gasteiger partial charge in [0.15, 0.2) is 0 Å². The monoisotopic (exact) mass is 229 g/mol. The standard InChI is InChI=1S/C12H27N3O/c1-8-11(13(4)5)15(10(3)16)12(9-2)14(6)7/h11-12H,8-9H2,1-7H3. The number of carbonyl (C=O) groups is 1. The molecule has 0 aromatic heterocycles. The van der Waals surface area contributed by atoms with Crippen molar-refractivity contribution in [3.63, 3.8) is 0 Å². The van der Waals surface area contributed by atoms with E-state index in [0.29, 0.717) is 0 Å². The summed E-state index contributed by atoms with van der Waals surface area (Å²) in [5.41, 5.74) is 0. The zero-order chi connectivity index (χ0) is 12.9. The normalized spacial score (nSPS) is 15.3. The second-order valence-corrected chi connectivity index (χ2v) is 4.63. The van der Waals surface area contributed by atoms with E-state index < -0.39 is 0 Å². The van der Waals surface area contributed by atoms with Crippen LogP contribution in [0.15, 0.2) is 0 Å². The third-order valence-electron chi connectivity index (χ3n) is 2.93. The van der Waals surface area contributed by atoms with Gasteiger partial charge in [-0.2, -0.15) is 0 Å². The van der Waals surface area contributed by atoms with E-state index in [1.165, 1.54) is 0 Å². The van der Waals surface area contributed by atoms with Gasteiger partial charge in [0.1, 0.15) is 0 Å². The van der Waals surface area contributed by atoms with Crippen molar-refractivity contribution in [2.45, 2.75) is 45.9 Å². The highest BCUT2D eigenvalue weighted by molar-refractivity contribution is 5.73. The van der Waals surface area contributed by atoms with Gasteiger partial charge in [-0.3, -0.25) is 14.6 Å². The lowest BCUT2D eigenvalue weighted by molar-refractivity contribution is -0.143. The quantitative estimate of drug-likeness (QED) is 0.645. The molecule has 2 unspecified atom stereocenters. The fourth-order valence-electron chi connectivity index (χ4n) is 2.24. The van der Waals surface area contributed by atoms with Crippen LogP contribution in [0.4, 0.5) is 0 Å². The molecular formula is C12H27N3O. The van der Waals surface area contributed by atoms with E-state index in [1.807, 2.05) is 33.1 Å². The van der Waals surface area contributed by atoms with E-state index in [0.717, 1.165) is 12.8 Å². The van der Waals surface area contributed by atoms with E-state index in [-0.39, 0.29) is 18.2 Å². The molecule has 4 heteroatoms. The van der Waals surface area contributed by atoms with E-state index >= 15 is 0 Å². The molecule has 0 saturated heterocycles. The Hall–Kier alpha value is -0.610. The zero-order valence-electron chi connectivity index (χ0n) is 11.8. The van der Waals surface area contributed by atoms with Crippen LogP contribution in [-0.4, -0.2) is 61.1 Å². The van der Waals surface area contributed by atoms with E-state index in [1.54, 1.807) is 6.92 Å². The smallest absolute Gasteiger partial charge is 0.221 e. The predicted octanol–water partition coefficient (Wildman–Crippen LogP) is 1.43. The molecule has 0 aromatic rings. The van der Waals surface area contributed by atoms with Crippen LogP contribution in [0.3, 0.4) is 0 Å². The Morgan fingerprint density at radius 2 is 1.25 bits per heavy atom. The molecule has 16 heavy (non-hydrogen) atoms. The Balaban J connectivity index is 5.03. The van der Waals surface area contributed by atoms with Crippen molar-refractivity contribution in [1.29, 1.82) is 0 Å². The summed E-state index contributed by atoms with van der Waals surface area (Å²) < 4.78 is 0. The van der Waals surface area contributed by atoms with Gasteiger partial charge in [-0.15, -0.1) is 0 Å². The molecule has 0 N–H and O–H groups in total. The van der Waals surface area contributed by atoms with Crippen molar-refractivity contribution in [1.82, 2.24) is 14.7 Å². The van der Waals surface area contributed by atoms with Crippen molar-refractivity contribution in [3.8, 4) is 0 Å². The largest absolute Gasteiger partial charge is 0.312 e. The topological polar surface area (TPSA) is 26.8 Å². The molecule has 0 aliphatic rings. The van der Waals surface area contributed by atoms with Crippen LogP contribution in [0.2, 0.25) is 0 Å². The maximum absolute atomic E-state index is 11.8. The molecule has 2 atom stereocenters. The lowest BCUT2D eigenvalue weighted by Crippen LogP contribution is -2.56. The molecule has 0 aromatic carbocycles. The number of hydrogen-bond acceptors (Lipinski definition) is 3. The Morgan fingerprint density at radius 3 is 1.38 bits per heavy atom. The van der Waals surface area contributed by atoms with Gasteiger partial charge in [0.05, 0.1) is 12.3 Å². The number of nitrogens with zero attached hydrogens (tertiary/aromatic N) is 3. The van der Waals surface area contributed by atoms with Crippen molar-refractivity contribution < 1.29 is 4.79 Å². The van der Waals surface area contributed by atoms with Gasteiger partial charge in [-0.1, -0.05) is 13.8 Å². The fourth-order valence-corrected chi connectivity index (χ4v) is 2.24. The van der Waals surface area contributed by atoms with Crippen molar-refractivity contribution in [3.05, 3.63) is 0 Å². The van der Waals surface area contributed by atoms with Crippen LogP contribution in [0.5, 0.6) is 0 Å². The van der Waals surface area contributed by atoms with Gasteiger partial charge < -0.3 is 4.90 Å². The van der Waals surface area contributed by atoms with E-state index in [2.05, 4.69) is 23.6 Å². The molecule has 0 rings (SSSR count). The molecule has 0 bridgehead atoms. The summed E-state index contributed by atoms with van der Waals surface area (Å²) in [5, 5.41) is 0. The minimum atomic E-state index is 0.140. The first kappa shape index (κ1) is 15.4. The average molecular weight is 229 g/mol. The predicted molar refractivity (Wildman–Crippen MR) is 68.1 cm³/mol. The lowest BCUT2D eigenvalue weighted by Gasteiger charge is -2.42. The SMILES string of the molecule is CCC(N(C)C)N(C(C)=O)C(CC)N(C)C. The van der Waals surface area contributed by atoms with Gasteiger partial charge >= 0.3 is 0 Å². The van der Waals surface area contributed by atoms with Gasteiger partial charge in [0, 0.05) is 6.92 Å². The molecule has 0 aliphatic heterocycles. The first-order chi connectivity index (χ1) is 7.36. The highest BCUT2D eigenvalue weighted by Gasteiger charge is 2.28. The minimum Gasteiger partial charge on any atom is -0.312 e. The minimum absolute atomic E-state index is 0.140. The molecule has 0 saturated carbocycles. The Morgan fingerprint density at radius 1 is 0.938 bits per heavy atom. The summed E-state index contributed by atoms with van der Waals surface area (Å²) in [4.78, 5) is 18.0. The van der Waals surface area contributed by atoms with Gasteiger partial charge in [-0.05, 0) is 41.0 Å². The summed E-state index contributed by atoms with van der Waals surface area (Å²) in [6.45, 7) is 5.88. The molecular weight excluding hydrogens is 202 g/mol. The summed E-state index contributed by atoms with van der Waals surface area (Å²) in [6, 6.07) is 0. The third-order valence-corrected chi connectivity index (χ3v) is 2.93. The van der Waals surface area contributed by atoms with Crippen LogP contribution in [0, 0.1) is 0 Å². The average Bonchev–Trinajstić information content (AvgIpc) is 2.16. The van der Waals surface area contributed by atoms with Crippen LogP contribution in [0.1, 0.15) is 33.6 Å². The zero-order valence-corrected chi connectivity index (χ0v) is 11.8. The second-order valence-electron chi connectivity index (χ2n) is 4.63. The molecule has 0 radical (unpaired) electrons. The van der Waals surface area contributed by atoms with Crippen LogP contribution >= 0.6 is 0 Å². The van der Waals surface area contributed by atoms with Crippen molar-refractivity contribution in [2.24, 2.45) is 0 Å². The maximum atomic E-state index is 11.8. The molecule has 96 valence electrons. The summed E-state index contributed by atoms with van der Waals surface area (Å²) in [6.07, 6.45) is 2.23.